The second-order valence-corrected chi connectivity index (χ2v) is 6.44. The number of halogens is 2. The van der Waals surface area contributed by atoms with Crippen LogP contribution in [0.1, 0.15) is 10.4 Å². The summed E-state index contributed by atoms with van der Waals surface area (Å²) in [4.78, 5) is 1.12. The predicted molar refractivity (Wildman–Crippen MR) is 84.8 cm³/mol. The van der Waals surface area contributed by atoms with E-state index >= 15 is 0 Å². The zero-order valence-corrected chi connectivity index (χ0v) is 14.0. The molecule has 0 aliphatic rings. The summed E-state index contributed by atoms with van der Waals surface area (Å²) in [6.07, 6.45) is 0. The molecule has 19 heavy (non-hydrogen) atoms. The molecule has 0 bridgehead atoms. The average molecular weight is 402 g/mol. The van der Waals surface area contributed by atoms with Gasteiger partial charge in [0.05, 0.1) is 22.8 Å². The van der Waals surface area contributed by atoms with Gasteiger partial charge in [-0.2, -0.15) is 5.26 Å². The van der Waals surface area contributed by atoms with Crippen LogP contribution in [0, 0.1) is 11.3 Å². The van der Waals surface area contributed by atoms with Gasteiger partial charge in [0, 0.05) is 27.3 Å². The third-order valence-electron chi connectivity index (χ3n) is 2.48. The van der Waals surface area contributed by atoms with Crippen LogP contribution in [0.15, 0.2) is 32.5 Å². The first kappa shape index (κ1) is 14.4. The number of nitrogens with one attached hydrogen (secondary N) is 1. The lowest BCUT2D eigenvalue weighted by atomic mass is 10.3. The van der Waals surface area contributed by atoms with Gasteiger partial charge < -0.3 is 10.1 Å². The van der Waals surface area contributed by atoms with Gasteiger partial charge in [-0.3, -0.25) is 0 Å². The maximum Gasteiger partial charge on any atom is 0.135 e. The predicted octanol–water partition coefficient (Wildman–Crippen LogP) is 4.77. The van der Waals surface area contributed by atoms with Gasteiger partial charge >= 0.3 is 0 Å². The van der Waals surface area contributed by atoms with Gasteiger partial charge in [0.1, 0.15) is 11.8 Å². The number of nitrogens with zero attached hydrogens (tertiary/aromatic N) is 1. The number of nitriles is 1. The molecule has 0 saturated carbocycles. The van der Waals surface area contributed by atoms with Crippen LogP contribution in [0.3, 0.4) is 0 Å². The molecule has 6 heteroatoms. The summed E-state index contributed by atoms with van der Waals surface area (Å²) in [6, 6.07) is 7.88. The molecular formula is C13H10Br2N2OS. The molecule has 2 rings (SSSR count). The van der Waals surface area contributed by atoms with Crippen LogP contribution in [-0.2, 0) is 6.54 Å². The van der Waals surface area contributed by atoms with Crippen molar-refractivity contribution in [2.75, 3.05) is 12.4 Å². The Kier molecular flexibility index (Phi) is 4.86. The molecule has 1 N–H and O–H groups in total. The number of hydrogen-bond acceptors (Lipinski definition) is 4. The van der Waals surface area contributed by atoms with E-state index in [-0.39, 0.29) is 0 Å². The molecule has 98 valence electrons. The number of methoxy groups -OCH3 is 1. The molecule has 0 atom stereocenters. The average Bonchev–Trinajstić information content (AvgIpc) is 2.86. The topological polar surface area (TPSA) is 45.0 Å². The van der Waals surface area contributed by atoms with Crippen LogP contribution in [0.4, 0.5) is 5.69 Å². The zero-order valence-electron chi connectivity index (χ0n) is 10.0. The smallest absolute Gasteiger partial charge is 0.135 e. The summed E-state index contributed by atoms with van der Waals surface area (Å²) >= 11 is 8.51. The Morgan fingerprint density at radius 2 is 2.11 bits per heavy atom. The number of benzene rings is 1. The second-order valence-electron chi connectivity index (χ2n) is 3.73. The van der Waals surface area contributed by atoms with Crippen LogP contribution < -0.4 is 10.1 Å². The van der Waals surface area contributed by atoms with E-state index in [0.29, 0.717) is 12.1 Å². The highest BCUT2D eigenvalue weighted by molar-refractivity contribution is 9.11. The first-order chi connectivity index (χ1) is 9.13. The van der Waals surface area contributed by atoms with Crippen LogP contribution in [0.5, 0.6) is 5.75 Å². The first-order valence-corrected chi connectivity index (χ1v) is 7.85. The van der Waals surface area contributed by atoms with Crippen molar-refractivity contribution in [2.24, 2.45) is 0 Å². The van der Waals surface area contributed by atoms with Crippen molar-refractivity contribution >= 4 is 48.9 Å². The number of rotatable bonds is 4. The van der Waals surface area contributed by atoms with Gasteiger partial charge in [-0.25, -0.2) is 0 Å². The minimum absolute atomic E-state index is 0.676. The van der Waals surface area contributed by atoms with E-state index < -0.39 is 0 Å². The van der Waals surface area contributed by atoms with Crippen molar-refractivity contribution in [1.82, 2.24) is 0 Å². The molecule has 3 nitrogen and oxygen atoms in total. The molecule has 0 saturated heterocycles. The molecule has 0 spiro atoms. The molecular weight excluding hydrogens is 392 g/mol. The summed E-state index contributed by atoms with van der Waals surface area (Å²) in [7, 11) is 1.64. The highest BCUT2D eigenvalue weighted by atomic mass is 79.9. The SMILES string of the molecule is COc1cc(NCc2cc(C#N)cs2)c(Br)cc1Br. The summed E-state index contributed by atoms with van der Waals surface area (Å²) in [5, 5.41) is 14.0. The maximum atomic E-state index is 8.79. The van der Waals surface area contributed by atoms with Gasteiger partial charge in [0.2, 0.25) is 0 Å². The van der Waals surface area contributed by atoms with E-state index in [1.807, 2.05) is 23.6 Å². The minimum Gasteiger partial charge on any atom is -0.495 e. The molecule has 2 aromatic rings. The maximum absolute atomic E-state index is 8.79. The third-order valence-corrected chi connectivity index (χ3v) is 4.69. The van der Waals surface area contributed by atoms with Gasteiger partial charge in [-0.05, 0) is 44.0 Å². The highest BCUT2D eigenvalue weighted by Crippen LogP contribution is 2.34. The van der Waals surface area contributed by atoms with E-state index in [4.69, 9.17) is 10.00 Å². The molecule has 1 aromatic carbocycles. The lowest BCUT2D eigenvalue weighted by Gasteiger charge is -2.11. The minimum atomic E-state index is 0.676. The van der Waals surface area contributed by atoms with E-state index in [9.17, 15) is 0 Å². The van der Waals surface area contributed by atoms with Crippen LogP contribution in [0.2, 0.25) is 0 Å². The highest BCUT2D eigenvalue weighted by Gasteiger charge is 2.07. The number of hydrogen-bond donors (Lipinski definition) is 1. The molecule has 0 unspecified atom stereocenters. The summed E-state index contributed by atoms with van der Waals surface area (Å²) in [6.45, 7) is 0.676. The Hall–Kier alpha value is -1.03. The molecule has 0 aliphatic carbocycles. The van der Waals surface area contributed by atoms with Crippen molar-refractivity contribution in [3.8, 4) is 11.8 Å². The number of anilines is 1. The van der Waals surface area contributed by atoms with Gasteiger partial charge in [0.25, 0.3) is 0 Å². The monoisotopic (exact) mass is 400 g/mol. The molecule has 1 heterocycles. The van der Waals surface area contributed by atoms with Crippen molar-refractivity contribution in [3.05, 3.63) is 43.0 Å². The van der Waals surface area contributed by atoms with Gasteiger partial charge in [-0.1, -0.05) is 0 Å². The Morgan fingerprint density at radius 1 is 1.32 bits per heavy atom. The van der Waals surface area contributed by atoms with Crippen molar-refractivity contribution in [1.29, 1.82) is 5.26 Å². The summed E-state index contributed by atoms with van der Waals surface area (Å²) < 4.78 is 7.12. The second kappa shape index (κ2) is 6.42. The van der Waals surface area contributed by atoms with Gasteiger partial charge in [0.15, 0.2) is 0 Å². The van der Waals surface area contributed by atoms with Gasteiger partial charge in [-0.15, -0.1) is 11.3 Å². The molecule has 0 fully saturated rings. The standard InChI is InChI=1S/C13H10Br2N2OS/c1-18-13-4-12(10(14)3-11(13)15)17-6-9-2-8(5-16)7-19-9/h2-4,7,17H,6H2,1H3. The normalized spacial score (nSPS) is 10.0. The summed E-state index contributed by atoms with van der Waals surface area (Å²) in [5.41, 5.74) is 1.65. The Balaban J connectivity index is 2.13. The number of ether oxygens (including phenoxy) is 1. The van der Waals surface area contributed by atoms with Crippen molar-refractivity contribution < 1.29 is 4.74 Å². The van der Waals surface area contributed by atoms with E-state index in [0.717, 1.165) is 25.3 Å². The van der Waals surface area contributed by atoms with E-state index in [1.54, 1.807) is 18.4 Å². The fourth-order valence-corrected chi connectivity index (χ4v) is 3.58. The van der Waals surface area contributed by atoms with Crippen molar-refractivity contribution in [2.45, 2.75) is 6.54 Å². The Bertz CT molecular complexity index is 634. The Labute approximate surface area is 132 Å². The molecule has 1 aromatic heterocycles. The fourth-order valence-electron chi connectivity index (χ4n) is 1.54. The quantitative estimate of drug-likeness (QED) is 0.802. The molecule has 0 amide bonds. The number of thiophene rings is 1. The first-order valence-electron chi connectivity index (χ1n) is 5.38. The van der Waals surface area contributed by atoms with E-state index in [2.05, 4.69) is 43.2 Å². The van der Waals surface area contributed by atoms with Crippen LogP contribution in [-0.4, -0.2) is 7.11 Å². The Morgan fingerprint density at radius 3 is 2.74 bits per heavy atom. The molecule has 0 radical (unpaired) electrons. The van der Waals surface area contributed by atoms with Crippen LogP contribution >= 0.6 is 43.2 Å². The fraction of sp³-hybridized carbons (Fsp3) is 0.154. The zero-order chi connectivity index (χ0) is 13.8. The summed E-state index contributed by atoms with van der Waals surface area (Å²) in [5.74, 6) is 0.773. The van der Waals surface area contributed by atoms with Crippen molar-refractivity contribution in [3.63, 3.8) is 0 Å². The molecule has 0 aliphatic heterocycles. The third kappa shape index (κ3) is 3.50. The lowest BCUT2D eigenvalue weighted by molar-refractivity contribution is 0.412. The largest absolute Gasteiger partial charge is 0.495 e. The van der Waals surface area contributed by atoms with E-state index in [1.165, 1.54) is 0 Å². The van der Waals surface area contributed by atoms with Crippen LogP contribution in [0.25, 0.3) is 0 Å². The lowest BCUT2D eigenvalue weighted by Crippen LogP contribution is -1.99.